The summed E-state index contributed by atoms with van der Waals surface area (Å²) in [7, 11) is -3.91. The number of esters is 1. The SMILES string of the molecule is CC[C@H]1C[C@@]1(NC(=O)C1C[C@@H]2CN1C(=O)[C@H](C(C)(C)C)NC(=O)OCC(C)(C)CCCCCOC(=O)c1ccc3c(c1)CN(C3)C(=O)O2)C(=O)NS(=O)(=O)C1CC1. The number of ether oxygens (including phenoxy) is 3. The van der Waals surface area contributed by atoms with Crippen molar-refractivity contribution in [2.24, 2.45) is 16.7 Å². The van der Waals surface area contributed by atoms with Gasteiger partial charge in [0.25, 0.3) is 5.91 Å². The lowest BCUT2D eigenvalue weighted by Gasteiger charge is -2.35. The zero-order valence-corrected chi connectivity index (χ0v) is 34.6. The van der Waals surface area contributed by atoms with E-state index < -0.39 is 85.7 Å². The van der Waals surface area contributed by atoms with Gasteiger partial charge >= 0.3 is 18.2 Å². The van der Waals surface area contributed by atoms with E-state index in [1.54, 1.807) is 39.0 Å². The molecular weight excluding hydrogens is 759 g/mol. The lowest BCUT2D eigenvalue weighted by molar-refractivity contribution is -0.143. The van der Waals surface area contributed by atoms with Crippen LogP contribution in [0.3, 0.4) is 0 Å². The number of rotatable bonds is 6. The summed E-state index contributed by atoms with van der Waals surface area (Å²) in [5.74, 6) is -2.94. The summed E-state index contributed by atoms with van der Waals surface area (Å²) in [6, 6.07) is 2.76. The maximum atomic E-state index is 14.6. The van der Waals surface area contributed by atoms with Crippen LogP contribution in [0.2, 0.25) is 0 Å². The molecule has 1 saturated heterocycles. The largest absolute Gasteiger partial charge is 0.462 e. The minimum atomic E-state index is -3.91. The molecule has 0 spiro atoms. The van der Waals surface area contributed by atoms with Crippen molar-refractivity contribution in [3.05, 3.63) is 34.9 Å². The number of benzene rings is 1. The highest BCUT2D eigenvalue weighted by molar-refractivity contribution is 7.91. The third-order valence-electron chi connectivity index (χ3n) is 11.8. The van der Waals surface area contributed by atoms with Gasteiger partial charge in [-0.2, -0.15) is 0 Å². The standard InChI is InChI=1S/C40H57N5O11S/c1-7-27-19-40(27,35(49)43-57(52,53)29-13-14-29)42-32(46)30-18-28-22-45(30)33(47)31(38(2,3)4)41-36(50)55-23-39(5,6)15-9-8-10-16-54-34(48)24-11-12-25-20-44(37(51)56-28)21-26(25)17-24/h11-12,17,27-31H,7-10,13-16,18-23H2,1-6H3,(H,41,50)(H,42,46)(H,43,49)/t27-,28+,30?,31+,40-/m0/s1. The van der Waals surface area contributed by atoms with Crippen molar-refractivity contribution in [1.82, 2.24) is 25.2 Å². The Morgan fingerprint density at radius 3 is 2.39 bits per heavy atom. The number of nitrogens with zero attached hydrogens (tertiary/aromatic N) is 2. The first-order valence-corrected chi connectivity index (χ1v) is 21.6. The first-order chi connectivity index (χ1) is 26.7. The summed E-state index contributed by atoms with van der Waals surface area (Å²) in [5, 5.41) is 4.88. The lowest BCUT2D eigenvalue weighted by atomic mass is 9.85. The van der Waals surface area contributed by atoms with Gasteiger partial charge in [-0.1, -0.05) is 66.9 Å². The summed E-state index contributed by atoms with van der Waals surface area (Å²) in [5.41, 5.74) is -0.771. The van der Waals surface area contributed by atoms with Gasteiger partial charge in [0.15, 0.2) is 0 Å². The highest BCUT2D eigenvalue weighted by Crippen LogP contribution is 2.47. The van der Waals surface area contributed by atoms with Crippen molar-refractivity contribution in [3.63, 3.8) is 0 Å². The van der Waals surface area contributed by atoms with Gasteiger partial charge in [0.2, 0.25) is 21.8 Å². The van der Waals surface area contributed by atoms with Crippen molar-refractivity contribution in [3.8, 4) is 0 Å². The number of alkyl carbamates (subject to hydrolysis) is 1. The Kier molecular flexibility index (Phi) is 11.9. The molecule has 3 aliphatic heterocycles. The molecule has 5 bridgehead atoms. The van der Waals surface area contributed by atoms with E-state index in [-0.39, 0.29) is 51.6 Å². The van der Waals surface area contributed by atoms with Crippen LogP contribution in [0.25, 0.3) is 0 Å². The minimum Gasteiger partial charge on any atom is -0.462 e. The summed E-state index contributed by atoms with van der Waals surface area (Å²) in [6.45, 7) is 11.6. The molecule has 3 heterocycles. The third-order valence-corrected chi connectivity index (χ3v) is 13.6. The molecule has 1 aromatic rings. The average molecular weight is 816 g/mol. The van der Waals surface area contributed by atoms with Crippen LogP contribution >= 0.6 is 0 Å². The van der Waals surface area contributed by atoms with Crippen LogP contribution in [-0.4, -0.2) is 103 Å². The molecule has 1 aromatic carbocycles. The topological polar surface area (TPSA) is 207 Å². The molecule has 3 fully saturated rings. The van der Waals surface area contributed by atoms with Crippen LogP contribution < -0.4 is 15.4 Å². The predicted molar refractivity (Wildman–Crippen MR) is 206 cm³/mol. The second-order valence-electron chi connectivity index (χ2n) is 18.2. The molecule has 5 amide bonds. The first kappa shape index (κ1) is 42.2. The first-order valence-electron chi connectivity index (χ1n) is 20.1. The maximum Gasteiger partial charge on any atom is 0.410 e. The van der Waals surface area contributed by atoms with Gasteiger partial charge in [-0.3, -0.25) is 24.0 Å². The van der Waals surface area contributed by atoms with E-state index in [0.29, 0.717) is 31.2 Å². The smallest absolute Gasteiger partial charge is 0.410 e. The highest BCUT2D eigenvalue weighted by atomic mass is 32.2. The van der Waals surface area contributed by atoms with E-state index in [0.717, 1.165) is 30.4 Å². The molecule has 5 aliphatic rings. The van der Waals surface area contributed by atoms with Crippen molar-refractivity contribution >= 4 is 45.9 Å². The fourth-order valence-electron chi connectivity index (χ4n) is 7.98. The number of carbonyl (C=O) groups is 6. The number of sulfonamides is 1. The fourth-order valence-corrected chi connectivity index (χ4v) is 9.34. The Morgan fingerprint density at radius 2 is 1.72 bits per heavy atom. The molecule has 3 N–H and O–H groups in total. The number of hydrogen-bond donors (Lipinski definition) is 3. The normalized spacial score (nSPS) is 28.7. The van der Waals surface area contributed by atoms with Crippen LogP contribution in [0.4, 0.5) is 9.59 Å². The molecule has 2 aliphatic carbocycles. The Balaban J connectivity index is 1.26. The average Bonchev–Trinajstić information content (AvgIpc) is 4.03. The molecule has 6 rings (SSSR count). The summed E-state index contributed by atoms with van der Waals surface area (Å²) in [6.07, 6.45) is 2.02. The number of nitrogens with one attached hydrogen (secondary N) is 3. The van der Waals surface area contributed by atoms with E-state index in [2.05, 4.69) is 15.4 Å². The molecule has 16 nitrogen and oxygen atoms in total. The molecule has 57 heavy (non-hydrogen) atoms. The Bertz CT molecular complexity index is 1890. The van der Waals surface area contributed by atoms with Crippen molar-refractivity contribution in [2.45, 2.75) is 141 Å². The summed E-state index contributed by atoms with van der Waals surface area (Å²) >= 11 is 0. The quantitative estimate of drug-likeness (QED) is 0.277. The molecule has 5 atom stereocenters. The highest BCUT2D eigenvalue weighted by Gasteiger charge is 2.62. The summed E-state index contributed by atoms with van der Waals surface area (Å²) < 4.78 is 44.8. The molecule has 2 saturated carbocycles. The number of fused-ring (bicyclic) bond motifs is 4. The van der Waals surface area contributed by atoms with E-state index in [4.69, 9.17) is 14.2 Å². The Hall–Kier alpha value is -4.41. The second kappa shape index (κ2) is 16.1. The van der Waals surface area contributed by atoms with Crippen LogP contribution in [-0.2, 0) is 51.7 Å². The van der Waals surface area contributed by atoms with E-state index >= 15 is 0 Å². The third kappa shape index (κ3) is 9.66. The fraction of sp³-hybridized carbons (Fsp3) is 0.700. The number of hydrogen-bond acceptors (Lipinski definition) is 11. The van der Waals surface area contributed by atoms with E-state index in [1.165, 1.54) is 9.80 Å². The van der Waals surface area contributed by atoms with Crippen molar-refractivity contribution in [1.29, 1.82) is 0 Å². The van der Waals surface area contributed by atoms with Gasteiger partial charge < -0.3 is 29.7 Å². The number of amides is 5. The summed E-state index contributed by atoms with van der Waals surface area (Å²) in [4.78, 5) is 84.9. The van der Waals surface area contributed by atoms with E-state index in [9.17, 15) is 37.2 Å². The zero-order valence-electron chi connectivity index (χ0n) is 33.8. The predicted octanol–water partition coefficient (Wildman–Crippen LogP) is 3.90. The lowest BCUT2D eigenvalue weighted by Crippen LogP contribution is -2.60. The van der Waals surface area contributed by atoms with Crippen molar-refractivity contribution in [2.75, 3.05) is 19.8 Å². The molecule has 0 radical (unpaired) electrons. The van der Waals surface area contributed by atoms with Gasteiger partial charge in [0.05, 0.1) is 30.6 Å². The maximum absolute atomic E-state index is 14.6. The number of cyclic esters (lactones) is 2. The van der Waals surface area contributed by atoms with Crippen LogP contribution in [0.15, 0.2) is 18.2 Å². The number of carbonyl (C=O) groups excluding carboxylic acids is 6. The molecular formula is C40H57N5O11S. The van der Waals surface area contributed by atoms with Gasteiger partial charge in [-0.15, -0.1) is 0 Å². The van der Waals surface area contributed by atoms with Gasteiger partial charge in [-0.05, 0) is 72.1 Å². The molecule has 314 valence electrons. The van der Waals surface area contributed by atoms with Crippen molar-refractivity contribution < 1.29 is 51.4 Å². The zero-order chi connectivity index (χ0) is 41.5. The Labute approximate surface area is 334 Å². The van der Waals surface area contributed by atoms with Crippen LogP contribution in [0, 0.1) is 16.7 Å². The minimum absolute atomic E-state index is 0.0691. The molecule has 17 heteroatoms. The molecule has 1 unspecified atom stereocenters. The second-order valence-corrected chi connectivity index (χ2v) is 20.1. The van der Waals surface area contributed by atoms with Crippen LogP contribution in [0.1, 0.15) is 121 Å². The van der Waals surface area contributed by atoms with E-state index in [1.807, 2.05) is 20.8 Å². The van der Waals surface area contributed by atoms with Gasteiger partial charge in [0.1, 0.15) is 23.7 Å². The molecule has 0 aromatic heterocycles. The monoisotopic (exact) mass is 815 g/mol. The van der Waals surface area contributed by atoms with Gasteiger partial charge in [0, 0.05) is 19.5 Å². The van der Waals surface area contributed by atoms with Gasteiger partial charge in [-0.25, -0.2) is 22.8 Å². The Morgan fingerprint density at radius 1 is 1.00 bits per heavy atom. The van der Waals surface area contributed by atoms with Crippen LogP contribution in [0.5, 0.6) is 0 Å².